The molecular formula is C26H27F2N3O3S. The second-order valence-corrected chi connectivity index (χ2v) is 10.2. The number of benzene rings is 3. The van der Waals surface area contributed by atoms with E-state index in [1.54, 1.807) is 36.4 Å². The van der Waals surface area contributed by atoms with Gasteiger partial charge in [-0.05, 0) is 54.4 Å². The Labute approximate surface area is 204 Å². The van der Waals surface area contributed by atoms with Gasteiger partial charge in [-0.1, -0.05) is 30.3 Å². The SMILES string of the molecule is O=C(Cc1ccc(NS(=O)(=O)c2ccc(F)cc2)cc1)N1CCCN(Cc2ccccc2F)CC1. The lowest BCUT2D eigenvalue weighted by atomic mass is 10.1. The average molecular weight is 500 g/mol. The van der Waals surface area contributed by atoms with Gasteiger partial charge in [0.25, 0.3) is 10.0 Å². The smallest absolute Gasteiger partial charge is 0.261 e. The summed E-state index contributed by atoms with van der Waals surface area (Å²) in [6.07, 6.45) is 1.02. The molecule has 0 aliphatic carbocycles. The average Bonchev–Trinajstić information content (AvgIpc) is 3.08. The van der Waals surface area contributed by atoms with E-state index in [4.69, 9.17) is 0 Å². The molecule has 3 aromatic rings. The fourth-order valence-corrected chi connectivity index (χ4v) is 5.11. The first-order valence-corrected chi connectivity index (χ1v) is 12.9. The number of hydrogen-bond acceptors (Lipinski definition) is 4. The second-order valence-electron chi connectivity index (χ2n) is 8.54. The first-order chi connectivity index (χ1) is 16.8. The minimum atomic E-state index is -3.84. The monoisotopic (exact) mass is 499 g/mol. The van der Waals surface area contributed by atoms with E-state index in [9.17, 15) is 22.0 Å². The molecule has 1 saturated heterocycles. The molecule has 4 rings (SSSR count). The molecule has 9 heteroatoms. The fourth-order valence-electron chi connectivity index (χ4n) is 4.05. The number of nitrogens with zero attached hydrogens (tertiary/aromatic N) is 2. The third kappa shape index (κ3) is 6.64. The Morgan fingerprint density at radius 3 is 2.29 bits per heavy atom. The molecule has 0 atom stereocenters. The van der Waals surface area contributed by atoms with Crippen LogP contribution < -0.4 is 4.72 Å². The molecule has 1 N–H and O–H groups in total. The van der Waals surface area contributed by atoms with E-state index in [1.807, 2.05) is 11.0 Å². The largest absolute Gasteiger partial charge is 0.341 e. The van der Waals surface area contributed by atoms with E-state index in [0.29, 0.717) is 37.4 Å². The summed E-state index contributed by atoms with van der Waals surface area (Å²) in [7, 11) is -3.84. The molecule has 1 heterocycles. The number of carbonyl (C=O) groups is 1. The van der Waals surface area contributed by atoms with E-state index in [0.717, 1.165) is 30.7 Å². The molecule has 0 saturated carbocycles. The molecule has 0 radical (unpaired) electrons. The Balaban J connectivity index is 1.31. The Morgan fingerprint density at radius 1 is 0.857 bits per heavy atom. The fraction of sp³-hybridized carbons (Fsp3) is 0.269. The second kappa shape index (κ2) is 11.0. The van der Waals surface area contributed by atoms with Gasteiger partial charge < -0.3 is 4.90 Å². The first kappa shape index (κ1) is 24.8. The number of nitrogens with one attached hydrogen (secondary N) is 1. The van der Waals surface area contributed by atoms with Crippen LogP contribution in [0.15, 0.2) is 77.7 Å². The maximum absolute atomic E-state index is 14.0. The summed E-state index contributed by atoms with van der Waals surface area (Å²) in [4.78, 5) is 16.8. The molecular weight excluding hydrogens is 472 g/mol. The Hall–Kier alpha value is -3.30. The van der Waals surface area contributed by atoms with Crippen molar-refractivity contribution in [1.29, 1.82) is 0 Å². The van der Waals surface area contributed by atoms with Gasteiger partial charge in [-0.25, -0.2) is 17.2 Å². The van der Waals surface area contributed by atoms with E-state index in [2.05, 4.69) is 9.62 Å². The van der Waals surface area contributed by atoms with Gasteiger partial charge in [-0.15, -0.1) is 0 Å². The lowest BCUT2D eigenvalue weighted by Crippen LogP contribution is -2.36. The third-order valence-electron chi connectivity index (χ3n) is 5.98. The third-order valence-corrected chi connectivity index (χ3v) is 7.38. The molecule has 0 spiro atoms. The predicted molar refractivity (Wildman–Crippen MR) is 130 cm³/mol. The predicted octanol–water partition coefficient (Wildman–Crippen LogP) is 4.04. The minimum absolute atomic E-state index is 0.00242. The molecule has 1 aliphatic heterocycles. The van der Waals surface area contributed by atoms with Gasteiger partial charge in [-0.3, -0.25) is 14.4 Å². The van der Waals surface area contributed by atoms with Gasteiger partial charge in [0.15, 0.2) is 0 Å². The molecule has 184 valence electrons. The summed E-state index contributed by atoms with van der Waals surface area (Å²) < 4.78 is 54.4. The zero-order valence-corrected chi connectivity index (χ0v) is 20.0. The maximum Gasteiger partial charge on any atom is 0.261 e. The van der Waals surface area contributed by atoms with Crippen molar-refractivity contribution >= 4 is 21.6 Å². The summed E-state index contributed by atoms with van der Waals surface area (Å²) in [5.74, 6) is -0.731. The van der Waals surface area contributed by atoms with E-state index in [-0.39, 0.29) is 23.0 Å². The molecule has 3 aromatic carbocycles. The van der Waals surface area contributed by atoms with Crippen molar-refractivity contribution in [3.05, 3.63) is 95.6 Å². The molecule has 6 nitrogen and oxygen atoms in total. The summed E-state index contributed by atoms with van der Waals surface area (Å²) in [5, 5.41) is 0. The number of hydrogen-bond donors (Lipinski definition) is 1. The topological polar surface area (TPSA) is 69.7 Å². The lowest BCUT2D eigenvalue weighted by Gasteiger charge is -2.22. The van der Waals surface area contributed by atoms with Crippen LogP contribution in [0.4, 0.5) is 14.5 Å². The Bertz CT molecular complexity index is 1270. The summed E-state index contributed by atoms with van der Waals surface area (Å²) in [6, 6.07) is 17.9. The van der Waals surface area contributed by atoms with Crippen LogP contribution in [0.25, 0.3) is 0 Å². The number of halogens is 2. The highest BCUT2D eigenvalue weighted by Gasteiger charge is 2.20. The van der Waals surface area contributed by atoms with Crippen LogP contribution in [0.5, 0.6) is 0 Å². The number of rotatable bonds is 7. The van der Waals surface area contributed by atoms with Crippen molar-refractivity contribution in [2.75, 3.05) is 30.9 Å². The highest BCUT2D eigenvalue weighted by atomic mass is 32.2. The standard InChI is InChI=1S/C26H27F2N3O3S/c27-22-8-12-24(13-9-22)35(33,34)29-23-10-6-20(7-11-23)18-26(32)31-15-3-14-30(16-17-31)19-21-4-1-2-5-25(21)28/h1-2,4-13,29H,3,14-19H2. The normalized spacial score (nSPS) is 15.0. The molecule has 1 aliphatic rings. The zero-order valence-electron chi connectivity index (χ0n) is 19.2. The highest BCUT2D eigenvalue weighted by Crippen LogP contribution is 2.18. The molecule has 0 bridgehead atoms. The first-order valence-electron chi connectivity index (χ1n) is 11.4. The molecule has 0 unspecified atom stereocenters. The number of sulfonamides is 1. The van der Waals surface area contributed by atoms with Crippen LogP contribution in [0.2, 0.25) is 0 Å². The maximum atomic E-state index is 14.0. The number of amides is 1. The quantitative estimate of drug-likeness (QED) is 0.533. The van der Waals surface area contributed by atoms with Crippen LogP contribution in [-0.4, -0.2) is 50.3 Å². The van der Waals surface area contributed by atoms with Crippen LogP contribution in [-0.2, 0) is 27.8 Å². The summed E-state index contributed by atoms with van der Waals surface area (Å²) in [6.45, 7) is 3.19. The van der Waals surface area contributed by atoms with Gasteiger partial charge in [0.2, 0.25) is 5.91 Å². The van der Waals surface area contributed by atoms with Gasteiger partial charge in [0, 0.05) is 44.0 Å². The van der Waals surface area contributed by atoms with Crippen molar-refractivity contribution < 1.29 is 22.0 Å². The van der Waals surface area contributed by atoms with Crippen LogP contribution in [0.1, 0.15) is 17.5 Å². The van der Waals surface area contributed by atoms with Crippen molar-refractivity contribution in [3.63, 3.8) is 0 Å². The Kier molecular flexibility index (Phi) is 7.77. The van der Waals surface area contributed by atoms with Gasteiger partial charge in [-0.2, -0.15) is 0 Å². The van der Waals surface area contributed by atoms with Crippen LogP contribution in [0.3, 0.4) is 0 Å². The van der Waals surface area contributed by atoms with E-state index in [1.165, 1.54) is 18.2 Å². The van der Waals surface area contributed by atoms with Crippen molar-refractivity contribution in [3.8, 4) is 0 Å². The van der Waals surface area contributed by atoms with Crippen molar-refractivity contribution in [2.24, 2.45) is 0 Å². The van der Waals surface area contributed by atoms with E-state index < -0.39 is 15.8 Å². The highest BCUT2D eigenvalue weighted by molar-refractivity contribution is 7.92. The molecule has 35 heavy (non-hydrogen) atoms. The Morgan fingerprint density at radius 2 is 1.57 bits per heavy atom. The molecule has 1 fully saturated rings. The molecule has 1 amide bonds. The van der Waals surface area contributed by atoms with Crippen LogP contribution in [0, 0.1) is 11.6 Å². The molecule has 0 aromatic heterocycles. The number of carbonyl (C=O) groups excluding carboxylic acids is 1. The van der Waals surface area contributed by atoms with Crippen molar-refractivity contribution in [2.45, 2.75) is 24.3 Å². The summed E-state index contributed by atoms with van der Waals surface area (Å²) >= 11 is 0. The van der Waals surface area contributed by atoms with Gasteiger partial charge in [0.05, 0.1) is 11.3 Å². The van der Waals surface area contributed by atoms with Gasteiger partial charge in [0.1, 0.15) is 11.6 Å². The van der Waals surface area contributed by atoms with E-state index >= 15 is 0 Å². The van der Waals surface area contributed by atoms with Gasteiger partial charge >= 0.3 is 0 Å². The minimum Gasteiger partial charge on any atom is -0.341 e. The lowest BCUT2D eigenvalue weighted by molar-refractivity contribution is -0.130. The summed E-state index contributed by atoms with van der Waals surface area (Å²) in [5.41, 5.74) is 1.78. The zero-order chi connectivity index (χ0) is 24.8. The number of anilines is 1. The van der Waals surface area contributed by atoms with Crippen LogP contribution >= 0.6 is 0 Å². The van der Waals surface area contributed by atoms with Crippen molar-refractivity contribution in [1.82, 2.24) is 9.80 Å².